The quantitative estimate of drug-likeness (QED) is 0.699. The number of carbonyl (C=O) groups excluding carboxylic acids is 1. The fraction of sp³-hybridized carbons (Fsp3) is 0.542. The first kappa shape index (κ1) is 21.4. The third-order valence-corrected chi connectivity index (χ3v) is 4.95. The molecule has 0 aliphatic heterocycles. The van der Waals surface area contributed by atoms with E-state index in [0.717, 1.165) is 11.1 Å². The predicted octanol–water partition coefficient (Wildman–Crippen LogP) is 5.66. The molecular weight excluding hydrogens is 336 g/mol. The fourth-order valence-corrected chi connectivity index (χ4v) is 3.06. The van der Waals surface area contributed by atoms with Gasteiger partial charge < -0.3 is 9.84 Å². The molecule has 0 saturated carbocycles. The van der Waals surface area contributed by atoms with Gasteiger partial charge in [-0.15, -0.1) is 0 Å². The average Bonchev–Trinajstić information content (AvgIpc) is 2.54. The zero-order valence-corrected chi connectivity index (χ0v) is 18.1. The van der Waals surface area contributed by atoms with Crippen LogP contribution in [-0.2, 0) is 20.4 Å². The van der Waals surface area contributed by atoms with Crippen molar-refractivity contribution in [2.45, 2.75) is 84.7 Å². The Balaban J connectivity index is 2.70. The van der Waals surface area contributed by atoms with Gasteiger partial charge in [-0.25, -0.2) is 0 Å². The molecular formula is C24H34O3. The number of hydrogen-bond donors (Lipinski definition) is 1. The van der Waals surface area contributed by atoms with E-state index in [1.807, 2.05) is 0 Å². The van der Waals surface area contributed by atoms with Crippen LogP contribution >= 0.6 is 0 Å². The molecule has 3 nitrogen and oxygen atoms in total. The summed E-state index contributed by atoms with van der Waals surface area (Å²) in [6, 6.07) is 6.60. The minimum Gasteiger partial charge on any atom is -0.426 e. The first-order valence-electron chi connectivity index (χ1n) is 9.75. The number of ether oxygens (including phenoxy) is 1. The van der Waals surface area contributed by atoms with E-state index in [2.05, 4.69) is 59.7 Å². The van der Waals surface area contributed by atoms with Crippen molar-refractivity contribution in [1.29, 1.82) is 0 Å². The highest BCUT2D eigenvalue weighted by molar-refractivity contribution is 5.78. The molecule has 1 atom stereocenters. The number of esters is 1. The Morgan fingerprint density at radius 1 is 1.07 bits per heavy atom. The standard InChI is InChI=1S/C24H34O3/c1-9-21(25)27-20-10-11-24(8,26)15-19(20)16-12-17(22(2,3)4)14-18(13-16)23(5,6)7/h10-14,26H,9,15H2,1-8H3. The first-order valence-corrected chi connectivity index (χ1v) is 9.75. The van der Waals surface area contributed by atoms with Gasteiger partial charge in [0.05, 0.1) is 5.60 Å². The summed E-state index contributed by atoms with van der Waals surface area (Å²) in [5.74, 6) is 0.274. The molecule has 2 rings (SSSR count). The van der Waals surface area contributed by atoms with E-state index in [0.29, 0.717) is 18.6 Å². The van der Waals surface area contributed by atoms with Crippen LogP contribution in [0.15, 0.2) is 36.1 Å². The second-order valence-corrected chi connectivity index (χ2v) is 9.84. The molecule has 3 heteroatoms. The molecule has 0 heterocycles. The van der Waals surface area contributed by atoms with Crippen LogP contribution in [0.2, 0.25) is 0 Å². The highest BCUT2D eigenvalue weighted by Gasteiger charge is 2.29. The van der Waals surface area contributed by atoms with E-state index in [-0.39, 0.29) is 16.8 Å². The van der Waals surface area contributed by atoms with Crippen molar-refractivity contribution in [2.24, 2.45) is 0 Å². The van der Waals surface area contributed by atoms with Gasteiger partial charge in [0.1, 0.15) is 5.76 Å². The van der Waals surface area contributed by atoms with Crippen LogP contribution < -0.4 is 0 Å². The molecule has 148 valence electrons. The summed E-state index contributed by atoms with van der Waals surface area (Å²) in [7, 11) is 0. The predicted molar refractivity (Wildman–Crippen MR) is 112 cm³/mol. The van der Waals surface area contributed by atoms with Gasteiger partial charge in [0, 0.05) is 18.4 Å². The Kier molecular flexibility index (Phi) is 5.77. The molecule has 1 aromatic rings. The number of rotatable bonds is 3. The Labute approximate surface area is 164 Å². The second-order valence-electron chi connectivity index (χ2n) is 9.84. The van der Waals surface area contributed by atoms with Crippen molar-refractivity contribution in [3.63, 3.8) is 0 Å². The van der Waals surface area contributed by atoms with Crippen LogP contribution in [0, 0.1) is 0 Å². The molecule has 1 aliphatic carbocycles. The SMILES string of the molecule is CCC(=O)OC1=C(c2cc(C(C)(C)C)cc(C(C)(C)C)c2)CC(C)(O)C=C1. The molecule has 1 N–H and O–H groups in total. The summed E-state index contributed by atoms with van der Waals surface area (Å²) >= 11 is 0. The van der Waals surface area contributed by atoms with E-state index < -0.39 is 5.60 Å². The lowest BCUT2D eigenvalue weighted by Crippen LogP contribution is -2.25. The van der Waals surface area contributed by atoms with Crippen LogP contribution in [0.4, 0.5) is 0 Å². The third kappa shape index (κ3) is 5.32. The molecule has 0 fully saturated rings. The molecule has 1 aliphatic rings. The van der Waals surface area contributed by atoms with Gasteiger partial charge in [0.25, 0.3) is 0 Å². The molecule has 0 spiro atoms. The molecule has 0 saturated heterocycles. The third-order valence-electron chi connectivity index (χ3n) is 4.95. The molecule has 1 aromatic carbocycles. The Hall–Kier alpha value is -1.87. The van der Waals surface area contributed by atoms with Gasteiger partial charge in [-0.2, -0.15) is 0 Å². The average molecular weight is 371 g/mol. The normalized spacial score (nSPS) is 20.8. The summed E-state index contributed by atoms with van der Waals surface area (Å²) in [5, 5.41) is 10.6. The van der Waals surface area contributed by atoms with Crippen LogP contribution in [0.3, 0.4) is 0 Å². The number of benzene rings is 1. The second kappa shape index (κ2) is 7.27. The van der Waals surface area contributed by atoms with Gasteiger partial charge in [-0.1, -0.05) is 66.7 Å². The maximum atomic E-state index is 11.9. The number of aliphatic hydroxyl groups is 1. The van der Waals surface area contributed by atoms with Gasteiger partial charge in [-0.05, 0) is 46.6 Å². The zero-order chi connectivity index (χ0) is 20.6. The minimum absolute atomic E-state index is 0.0101. The van der Waals surface area contributed by atoms with Gasteiger partial charge in [0.15, 0.2) is 0 Å². The number of allylic oxidation sites excluding steroid dienone is 1. The van der Waals surface area contributed by atoms with E-state index >= 15 is 0 Å². The molecule has 1 unspecified atom stereocenters. The van der Waals surface area contributed by atoms with Gasteiger partial charge in [-0.3, -0.25) is 4.79 Å². The Morgan fingerprint density at radius 2 is 1.59 bits per heavy atom. The molecule has 27 heavy (non-hydrogen) atoms. The van der Waals surface area contributed by atoms with Crippen LogP contribution in [-0.4, -0.2) is 16.7 Å². The van der Waals surface area contributed by atoms with Gasteiger partial charge >= 0.3 is 5.97 Å². The number of carbonyl (C=O) groups is 1. The number of hydrogen-bond acceptors (Lipinski definition) is 3. The summed E-state index contributed by atoms with van der Waals surface area (Å²) in [4.78, 5) is 11.9. The summed E-state index contributed by atoms with van der Waals surface area (Å²) in [6.45, 7) is 16.7. The highest BCUT2D eigenvalue weighted by atomic mass is 16.5. The maximum Gasteiger partial charge on any atom is 0.310 e. The highest BCUT2D eigenvalue weighted by Crippen LogP contribution is 2.38. The fourth-order valence-electron chi connectivity index (χ4n) is 3.06. The van der Waals surface area contributed by atoms with Crippen LogP contribution in [0.1, 0.15) is 84.9 Å². The molecule has 0 radical (unpaired) electrons. The topological polar surface area (TPSA) is 46.5 Å². The lowest BCUT2D eigenvalue weighted by Gasteiger charge is -2.30. The molecule has 0 aromatic heterocycles. The molecule has 0 amide bonds. The van der Waals surface area contributed by atoms with E-state index in [1.54, 1.807) is 26.0 Å². The summed E-state index contributed by atoms with van der Waals surface area (Å²) in [5.41, 5.74) is 3.36. The molecule has 0 bridgehead atoms. The Bertz CT molecular complexity index is 749. The Morgan fingerprint density at radius 3 is 2.04 bits per heavy atom. The largest absolute Gasteiger partial charge is 0.426 e. The van der Waals surface area contributed by atoms with Crippen molar-refractivity contribution >= 4 is 11.5 Å². The van der Waals surface area contributed by atoms with Crippen LogP contribution in [0.25, 0.3) is 5.57 Å². The monoisotopic (exact) mass is 370 g/mol. The smallest absolute Gasteiger partial charge is 0.310 e. The van der Waals surface area contributed by atoms with E-state index in [1.165, 1.54) is 11.1 Å². The lowest BCUT2D eigenvalue weighted by atomic mass is 9.77. The van der Waals surface area contributed by atoms with Crippen molar-refractivity contribution in [3.8, 4) is 0 Å². The van der Waals surface area contributed by atoms with E-state index in [9.17, 15) is 9.90 Å². The first-order chi connectivity index (χ1) is 12.2. The van der Waals surface area contributed by atoms with Crippen molar-refractivity contribution < 1.29 is 14.6 Å². The van der Waals surface area contributed by atoms with E-state index in [4.69, 9.17) is 4.74 Å². The van der Waals surface area contributed by atoms with Crippen LogP contribution in [0.5, 0.6) is 0 Å². The van der Waals surface area contributed by atoms with Crippen molar-refractivity contribution in [1.82, 2.24) is 0 Å². The zero-order valence-electron chi connectivity index (χ0n) is 18.1. The van der Waals surface area contributed by atoms with Gasteiger partial charge in [0.2, 0.25) is 0 Å². The van der Waals surface area contributed by atoms with Crippen molar-refractivity contribution in [3.05, 3.63) is 52.8 Å². The summed E-state index contributed by atoms with van der Waals surface area (Å²) in [6.07, 6.45) is 4.16. The lowest BCUT2D eigenvalue weighted by molar-refractivity contribution is -0.138. The maximum absolute atomic E-state index is 11.9. The summed E-state index contributed by atoms with van der Waals surface area (Å²) < 4.78 is 5.59. The minimum atomic E-state index is -0.961. The van der Waals surface area contributed by atoms with Crippen molar-refractivity contribution in [2.75, 3.05) is 0 Å².